The van der Waals surface area contributed by atoms with Gasteiger partial charge in [-0.1, -0.05) is 0 Å². The van der Waals surface area contributed by atoms with E-state index in [0.717, 1.165) is 54.0 Å². The topological polar surface area (TPSA) is 50.5 Å². The van der Waals surface area contributed by atoms with E-state index < -0.39 is 0 Å². The number of nitrogens with zero attached hydrogens (tertiary/aromatic N) is 4. The highest BCUT2D eigenvalue weighted by Crippen LogP contribution is 2.61. The molecule has 0 N–H and O–H groups in total. The second-order valence-electron chi connectivity index (χ2n) is 9.95. The Balaban J connectivity index is 1.22. The standard InChI is InChI=1S/C22H28N4O/c1-14-4-20-23-12-18-13-25(3-2-19(18)26(20)24-14)21(27)11-22-8-15-5-16(9-22)7-17(6-15)10-22/h4,12,15-17H,2-3,5-11,13H2,1H3. The van der Waals surface area contributed by atoms with Crippen molar-refractivity contribution in [2.45, 2.75) is 64.8 Å². The van der Waals surface area contributed by atoms with Crippen LogP contribution in [0.4, 0.5) is 0 Å². The van der Waals surface area contributed by atoms with E-state index in [1.807, 2.05) is 23.7 Å². The fourth-order valence-corrected chi connectivity index (χ4v) is 7.21. The highest BCUT2D eigenvalue weighted by atomic mass is 16.2. The summed E-state index contributed by atoms with van der Waals surface area (Å²) in [4.78, 5) is 19.9. The van der Waals surface area contributed by atoms with Crippen LogP contribution in [0.2, 0.25) is 0 Å². The Morgan fingerprint density at radius 1 is 1.19 bits per heavy atom. The normalized spacial score (nSPS) is 34.3. The zero-order valence-electron chi connectivity index (χ0n) is 16.2. The highest BCUT2D eigenvalue weighted by molar-refractivity contribution is 5.77. The van der Waals surface area contributed by atoms with Crippen LogP contribution in [0.15, 0.2) is 12.3 Å². The average molecular weight is 364 g/mol. The molecule has 0 aromatic carbocycles. The summed E-state index contributed by atoms with van der Waals surface area (Å²) in [7, 11) is 0. The highest BCUT2D eigenvalue weighted by Gasteiger charge is 2.51. The van der Waals surface area contributed by atoms with Gasteiger partial charge in [0.2, 0.25) is 5.91 Å². The number of rotatable bonds is 2. The molecule has 27 heavy (non-hydrogen) atoms. The van der Waals surface area contributed by atoms with Crippen molar-refractivity contribution in [2.75, 3.05) is 6.54 Å². The monoisotopic (exact) mass is 364 g/mol. The van der Waals surface area contributed by atoms with Crippen LogP contribution in [0, 0.1) is 30.1 Å². The number of carbonyl (C=O) groups is 1. The second-order valence-corrected chi connectivity index (χ2v) is 9.95. The fraction of sp³-hybridized carbons (Fsp3) is 0.682. The molecule has 5 heteroatoms. The van der Waals surface area contributed by atoms with Gasteiger partial charge >= 0.3 is 0 Å². The maximum Gasteiger partial charge on any atom is 0.223 e. The third kappa shape index (κ3) is 2.54. The molecule has 5 aliphatic rings. The SMILES string of the molecule is Cc1cc2ncc3c(n2n1)CCN(C(=O)CC12CC4CC(CC(C4)C1)C2)C3. The molecule has 0 atom stereocenters. The summed E-state index contributed by atoms with van der Waals surface area (Å²) in [5.74, 6) is 3.10. The number of carbonyl (C=O) groups excluding carboxylic acids is 1. The molecular weight excluding hydrogens is 336 g/mol. The van der Waals surface area contributed by atoms with E-state index >= 15 is 0 Å². The largest absolute Gasteiger partial charge is 0.338 e. The Kier molecular flexibility index (Phi) is 3.31. The summed E-state index contributed by atoms with van der Waals surface area (Å²) in [6.45, 7) is 3.52. The zero-order valence-corrected chi connectivity index (χ0v) is 16.2. The third-order valence-electron chi connectivity index (χ3n) is 7.82. The zero-order chi connectivity index (χ0) is 18.2. The van der Waals surface area contributed by atoms with Gasteiger partial charge in [-0.25, -0.2) is 9.50 Å². The van der Waals surface area contributed by atoms with Gasteiger partial charge in [-0.05, 0) is 68.6 Å². The van der Waals surface area contributed by atoms with Crippen LogP contribution in [-0.4, -0.2) is 31.9 Å². The molecule has 0 spiro atoms. The van der Waals surface area contributed by atoms with Gasteiger partial charge in [0.25, 0.3) is 0 Å². The van der Waals surface area contributed by atoms with Crippen molar-refractivity contribution < 1.29 is 4.79 Å². The first-order valence-electron chi connectivity index (χ1n) is 10.7. The van der Waals surface area contributed by atoms with Gasteiger partial charge < -0.3 is 4.90 Å². The maximum absolute atomic E-state index is 13.2. The molecule has 4 fully saturated rings. The first kappa shape index (κ1) is 16.1. The minimum absolute atomic E-state index is 0.327. The molecule has 1 amide bonds. The smallest absolute Gasteiger partial charge is 0.223 e. The average Bonchev–Trinajstić information content (AvgIpc) is 3.00. The second kappa shape index (κ2) is 5.55. The van der Waals surface area contributed by atoms with E-state index in [1.54, 1.807) is 0 Å². The van der Waals surface area contributed by atoms with Crippen molar-refractivity contribution in [1.82, 2.24) is 19.5 Å². The quantitative estimate of drug-likeness (QED) is 0.819. The Labute approximate surface area is 160 Å². The van der Waals surface area contributed by atoms with Crippen molar-refractivity contribution in [3.63, 3.8) is 0 Å². The van der Waals surface area contributed by atoms with Crippen LogP contribution in [-0.2, 0) is 17.8 Å². The maximum atomic E-state index is 13.2. The van der Waals surface area contributed by atoms with Crippen LogP contribution in [0.5, 0.6) is 0 Å². The lowest BCUT2D eigenvalue weighted by Crippen LogP contribution is -2.49. The predicted octanol–water partition coefficient (Wildman–Crippen LogP) is 3.53. The van der Waals surface area contributed by atoms with Crippen LogP contribution >= 0.6 is 0 Å². The number of hydrogen-bond donors (Lipinski definition) is 0. The molecule has 2 aromatic rings. The molecule has 0 radical (unpaired) electrons. The first-order chi connectivity index (χ1) is 13.1. The molecule has 3 heterocycles. The van der Waals surface area contributed by atoms with E-state index in [1.165, 1.54) is 44.2 Å². The van der Waals surface area contributed by atoms with Crippen molar-refractivity contribution in [3.05, 3.63) is 29.2 Å². The summed E-state index contributed by atoms with van der Waals surface area (Å²) >= 11 is 0. The summed E-state index contributed by atoms with van der Waals surface area (Å²) in [5, 5.41) is 4.59. The first-order valence-corrected chi connectivity index (χ1v) is 10.7. The summed E-state index contributed by atoms with van der Waals surface area (Å²) in [5.41, 5.74) is 4.63. The van der Waals surface area contributed by atoms with Gasteiger partial charge in [0.15, 0.2) is 5.65 Å². The Morgan fingerprint density at radius 3 is 2.59 bits per heavy atom. The van der Waals surface area contributed by atoms with Crippen molar-refractivity contribution in [3.8, 4) is 0 Å². The fourth-order valence-electron chi connectivity index (χ4n) is 7.21. The minimum Gasteiger partial charge on any atom is -0.338 e. The van der Waals surface area contributed by atoms with E-state index in [2.05, 4.69) is 15.0 Å². The summed E-state index contributed by atoms with van der Waals surface area (Å²) in [6.07, 6.45) is 11.9. The van der Waals surface area contributed by atoms with Crippen LogP contribution in [0.25, 0.3) is 5.65 Å². The molecule has 2 aromatic heterocycles. The lowest BCUT2D eigenvalue weighted by Gasteiger charge is -2.57. The van der Waals surface area contributed by atoms with Crippen LogP contribution in [0.3, 0.4) is 0 Å². The molecule has 142 valence electrons. The van der Waals surface area contributed by atoms with Gasteiger partial charge in [-0.15, -0.1) is 0 Å². The van der Waals surface area contributed by atoms with E-state index in [4.69, 9.17) is 0 Å². The Hall–Kier alpha value is -1.91. The molecule has 4 aliphatic carbocycles. The summed E-state index contributed by atoms with van der Waals surface area (Å²) in [6, 6.07) is 2.02. The molecule has 4 bridgehead atoms. The van der Waals surface area contributed by atoms with Gasteiger partial charge in [-0.3, -0.25) is 4.79 Å². The molecule has 0 saturated heterocycles. The Bertz CT molecular complexity index is 894. The van der Waals surface area contributed by atoms with Gasteiger partial charge in [0.1, 0.15) is 0 Å². The number of amides is 1. The number of aryl methyl sites for hydroxylation is 1. The number of hydrogen-bond acceptors (Lipinski definition) is 3. The van der Waals surface area contributed by atoms with Gasteiger partial charge in [-0.2, -0.15) is 5.10 Å². The third-order valence-corrected chi connectivity index (χ3v) is 7.82. The molecule has 4 saturated carbocycles. The lowest BCUT2D eigenvalue weighted by molar-refractivity contribution is -0.140. The van der Waals surface area contributed by atoms with E-state index in [9.17, 15) is 4.79 Å². The van der Waals surface area contributed by atoms with E-state index in [-0.39, 0.29) is 0 Å². The number of aromatic nitrogens is 3. The molecular formula is C22H28N4O. The lowest BCUT2D eigenvalue weighted by atomic mass is 9.49. The van der Waals surface area contributed by atoms with E-state index in [0.29, 0.717) is 17.9 Å². The Morgan fingerprint density at radius 2 is 1.89 bits per heavy atom. The van der Waals surface area contributed by atoms with Crippen LogP contribution in [0.1, 0.15) is 61.9 Å². The van der Waals surface area contributed by atoms with Crippen molar-refractivity contribution >= 4 is 11.6 Å². The molecule has 0 unspecified atom stereocenters. The molecule has 1 aliphatic heterocycles. The van der Waals surface area contributed by atoms with Gasteiger partial charge in [0.05, 0.1) is 11.4 Å². The predicted molar refractivity (Wildman–Crippen MR) is 102 cm³/mol. The molecule has 7 rings (SSSR count). The minimum atomic E-state index is 0.327. The van der Waals surface area contributed by atoms with Crippen molar-refractivity contribution in [1.29, 1.82) is 0 Å². The van der Waals surface area contributed by atoms with Gasteiger partial charge in [0, 0.05) is 43.8 Å². The number of fused-ring (bicyclic) bond motifs is 3. The molecule has 5 nitrogen and oxygen atoms in total. The van der Waals surface area contributed by atoms with Crippen LogP contribution < -0.4 is 0 Å². The van der Waals surface area contributed by atoms with Crippen molar-refractivity contribution in [2.24, 2.45) is 23.2 Å². The summed E-state index contributed by atoms with van der Waals surface area (Å²) < 4.78 is 1.98.